The summed E-state index contributed by atoms with van der Waals surface area (Å²) in [7, 11) is 0. The van der Waals surface area contributed by atoms with E-state index in [0.29, 0.717) is 5.88 Å². The first-order chi connectivity index (χ1) is 3.93. The fourth-order valence-corrected chi connectivity index (χ4v) is 0.535. The predicted molar refractivity (Wildman–Crippen MR) is 32.6 cm³/mol. The molecule has 0 spiro atoms. The van der Waals surface area contributed by atoms with E-state index < -0.39 is 0 Å². The highest BCUT2D eigenvalue weighted by molar-refractivity contribution is 9.06. The topological polar surface area (TPSA) is 22.1 Å². The molecule has 0 aliphatic rings. The Morgan fingerprint density at radius 1 is 1.75 bits per heavy atom. The molecule has 0 saturated heterocycles. The normalized spacial score (nSPS) is 8.62. The smallest absolute Gasteiger partial charge is 0.227 e. The summed E-state index contributed by atoms with van der Waals surface area (Å²) in [5, 5.41) is 0. The van der Waals surface area contributed by atoms with E-state index in [0.717, 1.165) is 0 Å². The highest BCUT2D eigenvalue weighted by Gasteiger charge is 1.84. The molecule has 1 heterocycles. The number of halogens is 1. The predicted octanol–water partition coefficient (Wildman–Crippen LogP) is 1.57. The van der Waals surface area contributed by atoms with Gasteiger partial charge in [0, 0.05) is 6.07 Å². The number of rotatable bonds is 1. The molecule has 0 aliphatic carbocycles. The first-order valence-corrected chi connectivity index (χ1v) is 2.70. The fraction of sp³-hybridized carbons (Fsp3) is 0. The quantitative estimate of drug-likeness (QED) is 0.642. The third kappa shape index (κ3) is 1.20. The summed E-state index contributed by atoms with van der Waals surface area (Å²) in [5.74, 6) is 0.521. The van der Waals surface area contributed by atoms with Crippen molar-refractivity contribution < 1.29 is 3.83 Å². The Labute approximate surface area is 56.0 Å². The van der Waals surface area contributed by atoms with Crippen LogP contribution >= 0.6 is 16.3 Å². The van der Waals surface area contributed by atoms with E-state index in [1.165, 1.54) is 0 Å². The third-order valence-electron chi connectivity index (χ3n) is 0.663. The molecule has 0 N–H and O–H groups in total. The second-order valence-corrected chi connectivity index (χ2v) is 1.51. The van der Waals surface area contributed by atoms with Crippen molar-refractivity contribution in [3.63, 3.8) is 0 Å². The van der Waals surface area contributed by atoms with Crippen molar-refractivity contribution in [3.05, 3.63) is 24.4 Å². The van der Waals surface area contributed by atoms with Crippen molar-refractivity contribution in [1.29, 1.82) is 0 Å². The second-order valence-electron chi connectivity index (χ2n) is 1.18. The van der Waals surface area contributed by atoms with Crippen LogP contribution in [0.1, 0.15) is 0 Å². The maximum absolute atomic E-state index is 4.58. The SMILES string of the molecule is BrOc1ccc[c]n1. The lowest BCUT2D eigenvalue weighted by Gasteiger charge is -1.88. The minimum atomic E-state index is 0.521. The zero-order chi connectivity index (χ0) is 5.82. The molecule has 0 aromatic carbocycles. The van der Waals surface area contributed by atoms with Crippen LogP contribution < -0.4 is 3.83 Å². The second kappa shape index (κ2) is 2.67. The molecule has 1 aromatic rings. The Kier molecular flexibility index (Phi) is 1.86. The van der Waals surface area contributed by atoms with Crippen molar-refractivity contribution in [2.24, 2.45) is 0 Å². The van der Waals surface area contributed by atoms with Crippen molar-refractivity contribution in [1.82, 2.24) is 4.98 Å². The molecule has 41 valence electrons. The van der Waals surface area contributed by atoms with Crippen LogP contribution in [0.3, 0.4) is 0 Å². The van der Waals surface area contributed by atoms with Crippen LogP contribution in [0.2, 0.25) is 0 Å². The fourth-order valence-electron chi connectivity index (χ4n) is 0.355. The van der Waals surface area contributed by atoms with Crippen LogP contribution in [0.5, 0.6) is 5.88 Å². The molecule has 0 aliphatic heterocycles. The summed E-state index contributed by atoms with van der Waals surface area (Å²) in [6, 6.07) is 5.23. The number of aromatic nitrogens is 1. The van der Waals surface area contributed by atoms with Crippen LogP contribution in [0.25, 0.3) is 0 Å². The van der Waals surface area contributed by atoms with E-state index >= 15 is 0 Å². The van der Waals surface area contributed by atoms with Gasteiger partial charge in [0.25, 0.3) is 0 Å². The molecule has 8 heavy (non-hydrogen) atoms. The number of pyridine rings is 1. The molecule has 1 rings (SSSR count). The van der Waals surface area contributed by atoms with Gasteiger partial charge in [0.1, 0.15) is 0 Å². The minimum absolute atomic E-state index is 0.521. The third-order valence-corrected chi connectivity index (χ3v) is 0.995. The molecule has 0 unspecified atom stereocenters. The van der Waals surface area contributed by atoms with Gasteiger partial charge in [-0.05, 0) is 6.07 Å². The molecule has 0 saturated carbocycles. The summed E-state index contributed by atoms with van der Waals surface area (Å²) in [4.78, 5) is 3.70. The van der Waals surface area contributed by atoms with E-state index in [4.69, 9.17) is 0 Å². The zero-order valence-corrected chi connectivity index (χ0v) is 5.55. The standard InChI is InChI=1S/C5H3BrNO/c6-8-5-3-1-2-4-7-5/h1-3H. The van der Waals surface area contributed by atoms with E-state index in [2.05, 4.69) is 31.3 Å². The van der Waals surface area contributed by atoms with Gasteiger partial charge in [0.05, 0.1) is 6.20 Å². The molecule has 0 atom stereocenters. The van der Waals surface area contributed by atoms with Gasteiger partial charge in [-0.1, -0.05) is 6.07 Å². The Hall–Kier alpha value is -0.570. The average molecular weight is 173 g/mol. The first kappa shape index (κ1) is 5.56. The summed E-state index contributed by atoms with van der Waals surface area (Å²) >= 11 is 2.77. The van der Waals surface area contributed by atoms with E-state index in [1.807, 2.05) is 0 Å². The zero-order valence-electron chi connectivity index (χ0n) is 3.97. The van der Waals surface area contributed by atoms with Gasteiger partial charge >= 0.3 is 0 Å². The lowest BCUT2D eigenvalue weighted by molar-refractivity contribution is 0.645. The van der Waals surface area contributed by atoms with Gasteiger partial charge in [0.15, 0.2) is 16.3 Å². The summed E-state index contributed by atoms with van der Waals surface area (Å²) in [5.41, 5.74) is 0. The highest BCUT2D eigenvalue weighted by atomic mass is 79.9. The van der Waals surface area contributed by atoms with Crippen LogP contribution in [-0.2, 0) is 0 Å². The number of hydrogen-bond donors (Lipinski definition) is 0. The molecule has 0 amide bonds. The molecule has 3 heteroatoms. The first-order valence-electron chi connectivity index (χ1n) is 2.05. The lowest BCUT2D eigenvalue weighted by atomic mass is 10.5. The van der Waals surface area contributed by atoms with Gasteiger partial charge in [-0.15, -0.1) is 0 Å². The maximum Gasteiger partial charge on any atom is 0.227 e. The molecule has 0 fully saturated rings. The van der Waals surface area contributed by atoms with Crippen LogP contribution in [0, 0.1) is 6.20 Å². The Bertz CT molecular complexity index is 154. The Morgan fingerprint density at radius 2 is 2.62 bits per heavy atom. The van der Waals surface area contributed by atoms with Crippen molar-refractivity contribution in [3.8, 4) is 5.88 Å². The van der Waals surface area contributed by atoms with E-state index in [9.17, 15) is 0 Å². The number of hydrogen-bond acceptors (Lipinski definition) is 2. The van der Waals surface area contributed by atoms with Gasteiger partial charge in [-0.25, -0.2) is 4.98 Å². The Morgan fingerprint density at radius 3 is 3.00 bits per heavy atom. The summed E-state index contributed by atoms with van der Waals surface area (Å²) < 4.78 is 4.58. The van der Waals surface area contributed by atoms with Crippen LogP contribution in [0.4, 0.5) is 0 Å². The molecule has 1 aromatic heterocycles. The van der Waals surface area contributed by atoms with Crippen molar-refractivity contribution in [2.75, 3.05) is 0 Å². The molecular formula is C5H3BrNO. The van der Waals surface area contributed by atoms with E-state index in [1.54, 1.807) is 18.2 Å². The highest BCUT2D eigenvalue weighted by Crippen LogP contribution is 2.04. The Balaban J connectivity index is 2.83. The van der Waals surface area contributed by atoms with E-state index in [-0.39, 0.29) is 0 Å². The van der Waals surface area contributed by atoms with Gasteiger partial charge < -0.3 is 3.83 Å². The minimum Gasteiger partial charge on any atom is -0.398 e. The molecule has 0 bridgehead atoms. The largest absolute Gasteiger partial charge is 0.398 e. The average Bonchev–Trinajstić information content (AvgIpc) is 1.90. The lowest BCUT2D eigenvalue weighted by Crippen LogP contribution is -1.76. The summed E-state index contributed by atoms with van der Waals surface area (Å²) in [6.07, 6.45) is 2.61. The number of nitrogens with zero attached hydrogens (tertiary/aromatic N) is 1. The molecule has 1 radical (unpaired) electrons. The van der Waals surface area contributed by atoms with Gasteiger partial charge in [0.2, 0.25) is 5.88 Å². The summed E-state index contributed by atoms with van der Waals surface area (Å²) in [6.45, 7) is 0. The monoisotopic (exact) mass is 172 g/mol. The van der Waals surface area contributed by atoms with Crippen LogP contribution in [-0.4, -0.2) is 4.98 Å². The van der Waals surface area contributed by atoms with Crippen molar-refractivity contribution >= 4 is 16.3 Å². The van der Waals surface area contributed by atoms with Gasteiger partial charge in [-0.2, -0.15) is 0 Å². The van der Waals surface area contributed by atoms with Crippen LogP contribution in [0.15, 0.2) is 18.2 Å². The maximum atomic E-state index is 4.58. The molecule has 2 nitrogen and oxygen atoms in total. The van der Waals surface area contributed by atoms with Gasteiger partial charge in [-0.3, -0.25) is 0 Å². The molecular weight excluding hydrogens is 170 g/mol. The van der Waals surface area contributed by atoms with Crippen molar-refractivity contribution in [2.45, 2.75) is 0 Å².